The molecule has 0 amide bonds. The summed E-state index contributed by atoms with van der Waals surface area (Å²) in [6.07, 6.45) is 2.86. The van der Waals surface area contributed by atoms with Gasteiger partial charge in [-0.3, -0.25) is 0 Å². The van der Waals surface area contributed by atoms with Crippen molar-refractivity contribution >= 4 is 0 Å². The second-order valence-corrected chi connectivity index (χ2v) is 5.97. The van der Waals surface area contributed by atoms with Crippen LogP contribution in [0.15, 0.2) is 49.1 Å². The molecule has 0 saturated carbocycles. The van der Waals surface area contributed by atoms with Crippen LogP contribution in [0.3, 0.4) is 0 Å². The fourth-order valence-electron chi connectivity index (χ4n) is 2.75. The summed E-state index contributed by atoms with van der Waals surface area (Å²) in [5, 5.41) is 7.37. The van der Waals surface area contributed by atoms with E-state index in [9.17, 15) is 4.39 Å². The highest BCUT2D eigenvalue weighted by Crippen LogP contribution is 2.26. The fourth-order valence-corrected chi connectivity index (χ4v) is 2.75. The molecule has 0 spiro atoms. The molecular weight excluding hydrogens is 319 g/mol. The summed E-state index contributed by atoms with van der Waals surface area (Å²) in [5.74, 6) is 0.517. The molecule has 1 heterocycles. The van der Waals surface area contributed by atoms with E-state index >= 15 is 0 Å². The van der Waals surface area contributed by atoms with Crippen molar-refractivity contribution < 1.29 is 9.13 Å². The lowest BCUT2D eigenvalue weighted by molar-refractivity contribution is 0.401. The minimum atomic E-state index is -0.328. The summed E-state index contributed by atoms with van der Waals surface area (Å²) in [7, 11) is 1.67. The van der Waals surface area contributed by atoms with E-state index in [1.54, 1.807) is 13.2 Å². The average Bonchev–Trinajstić information content (AvgIpc) is 3.14. The van der Waals surface area contributed by atoms with E-state index < -0.39 is 0 Å². The van der Waals surface area contributed by atoms with Crippen LogP contribution in [0, 0.1) is 12.7 Å². The molecule has 0 saturated heterocycles. The molecule has 0 bridgehead atoms. The number of halogens is 1. The summed E-state index contributed by atoms with van der Waals surface area (Å²) in [6.45, 7) is 4.66. The molecule has 0 aliphatic rings. The average molecular weight is 340 g/mol. The molecule has 1 unspecified atom stereocenters. The molecule has 1 aromatic heterocycles. The van der Waals surface area contributed by atoms with Crippen LogP contribution in [0.25, 0.3) is 5.69 Å². The van der Waals surface area contributed by atoms with Crippen molar-refractivity contribution in [3.8, 4) is 11.4 Å². The Bertz CT molecular complexity index is 849. The highest BCUT2D eigenvalue weighted by molar-refractivity contribution is 5.39. The third-order valence-corrected chi connectivity index (χ3v) is 4.14. The van der Waals surface area contributed by atoms with Crippen molar-refractivity contribution in [2.45, 2.75) is 26.4 Å². The van der Waals surface area contributed by atoms with E-state index in [-0.39, 0.29) is 11.9 Å². The molecule has 1 atom stereocenters. The first-order valence-electron chi connectivity index (χ1n) is 8.10. The van der Waals surface area contributed by atoms with Crippen molar-refractivity contribution in [1.29, 1.82) is 0 Å². The summed E-state index contributed by atoms with van der Waals surface area (Å²) >= 11 is 0. The predicted molar refractivity (Wildman–Crippen MR) is 94.3 cm³/mol. The van der Waals surface area contributed by atoms with Crippen LogP contribution in [0.1, 0.15) is 29.7 Å². The standard InChI is InChI=1S/C19H21FN4O/c1-13-4-7-19(25-3)16(8-13)14(2)22-10-15-5-6-18(17(20)9-15)24-12-21-11-23-24/h4-9,11-12,14,22H,10H2,1-3H3. The van der Waals surface area contributed by atoms with Crippen LogP contribution in [0.5, 0.6) is 5.75 Å². The first-order chi connectivity index (χ1) is 12.1. The molecule has 6 heteroatoms. The summed E-state index contributed by atoms with van der Waals surface area (Å²) in [5.41, 5.74) is 3.50. The molecule has 130 valence electrons. The van der Waals surface area contributed by atoms with Gasteiger partial charge in [0.25, 0.3) is 0 Å². The number of aryl methyl sites for hydroxylation is 1. The van der Waals surface area contributed by atoms with Gasteiger partial charge in [-0.05, 0) is 37.6 Å². The third-order valence-electron chi connectivity index (χ3n) is 4.14. The predicted octanol–water partition coefficient (Wildman–Crippen LogP) is 3.57. The molecule has 0 aliphatic carbocycles. The Hall–Kier alpha value is -2.73. The Morgan fingerprint density at radius 3 is 2.76 bits per heavy atom. The Balaban J connectivity index is 1.71. The quantitative estimate of drug-likeness (QED) is 0.745. The van der Waals surface area contributed by atoms with Gasteiger partial charge in [0.15, 0.2) is 0 Å². The van der Waals surface area contributed by atoms with Crippen LogP contribution in [-0.4, -0.2) is 21.9 Å². The zero-order valence-corrected chi connectivity index (χ0v) is 14.5. The summed E-state index contributed by atoms with van der Waals surface area (Å²) in [4.78, 5) is 3.84. The van der Waals surface area contributed by atoms with Crippen LogP contribution in [0.4, 0.5) is 4.39 Å². The van der Waals surface area contributed by atoms with Crippen LogP contribution >= 0.6 is 0 Å². The number of rotatable bonds is 6. The van der Waals surface area contributed by atoms with Crippen molar-refractivity contribution in [3.63, 3.8) is 0 Å². The van der Waals surface area contributed by atoms with Gasteiger partial charge in [-0.25, -0.2) is 14.1 Å². The van der Waals surface area contributed by atoms with E-state index in [0.29, 0.717) is 12.2 Å². The second kappa shape index (κ2) is 7.44. The number of hydrogen-bond donors (Lipinski definition) is 1. The van der Waals surface area contributed by atoms with E-state index in [1.807, 2.05) is 25.1 Å². The zero-order chi connectivity index (χ0) is 17.8. The maximum absolute atomic E-state index is 14.3. The lowest BCUT2D eigenvalue weighted by Crippen LogP contribution is -2.19. The molecule has 0 fully saturated rings. The van der Waals surface area contributed by atoms with Crippen LogP contribution in [0.2, 0.25) is 0 Å². The summed E-state index contributed by atoms with van der Waals surface area (Å²) < 4.78 is 21.1. The molecule has 0 aliphatic heterocycles. The first-order valence-corrected chi connectivity index (χ1v) is 8.10. The Kier molecular flexibility index (Phi) is 5.09. The molecule has 5 nitrogen and oxygen atoms in total. The van der Waals surface area contributed by atoms with E-state index in [1.165, 1.54) is 29.0 Å². The first kappa shape index (κ1) is 17.1. The minimum absolute atomic E-state index is 0.0768. The lowest BCUT2D eigenvalue weighted by atomic mass is 10.0. The molecule has 25 heavy (non-hydrogen) atoms. The number of ether oxygens (including phenoxy) is 1. The van der Waals surface area contributed by atoms with Crippen molar-refractivity contribution in [2.75, 3.05) is 7.11 Å². The van der Waals surface area contributed by atoms with Gasteiger partial charge in [-0.15, -0.1) is 0 Å². The molecule has 2 aromatic carbocycles. The SMILES string of the molecule is COc1ccc(C)cc1C(C)NCc1ccc(-n2cncn2)c(F)c1. The fraction of sp³-hybridized carbons (Fsp3) is 0.263. The number of methoxy groups -OCH3 is 1. The number of benzene rings is 2. The molecule has 1 N–H and O–H groups in total. The molecule has 3 rings (SSSR count). The maximum atomic E-state index is 14.3. The van der Waals surface area contributed by atoms with Crippen molar-refractivity contribution in [1.82, 2.24) is 20.1 Å². The second-order valence-electron chi connectivity index (χ2n) is 5.97. The maximum Gasteiger partial charge on any atom is 0.149 e. The van der Waals surface area contributed by atoms with Gasteiger partial charge < -0.3 is 10.1 Å². The Morgan fingerprint density at radius 1 is 1.24 bits per heavy atom. The lowest BCUT2D eigenvalue weighted by Gasteiger charge is -2.18. The van der Waals surface area contributed by atoms with Gasteiger partial charge in [0.05, 0.1) is 7.11 Å². The van der Waals surface area contributed by atoms with E-state index in [2.05, 4.69) is 28.4 Å². The smallest absolute Gasteiger partial charge is 0.149 e. The van der Waals surface area contributed by atoms with E-state index in [0.717, 1.165) is 16.9 Å². The van der Waals surface area contributed by atoms with Crippen LogP contribution < -0.4 is 10.1 Å². The third kappa shape index (κ3) is 3.85. The van der Waals surface area contributed by atoms with Gasteiger partial charge in [-0.1, -0.05) is 23.8 Å². The van der Waals surface area contributed by atoms with Gasteiger partial charge in [-0.2, -0.15) is 5.10 Å². The highest BCUT2D eigenvalue weighted by Gasteiger charge is 2.12. The largest absolute Gasteiger partial charge is 0.496 e. The van der Waals surface area contributed by atoms with E-state index in [4.69, 9.17) is 4.74 Å². The van der Waals surface area contributed by atoms with Gasteiger partial charge in [0.2, 0.25) is 0 Å². The number of aromatic nitrogens is 3. The Morgan fingerprint density at radius 2 is 2.08 bits per heavy atom. The summed E-state index contributed by atoms with van der Waals surface area (Å²) in [6, 6.07) is 11.3. The number of hydrogen-bond acceptors (Lipinski definition) is 4. The van der Waals surface area contributed by atoms with Gasteiger partial charge in [0, 0.05) is 18.2 Å². The normalized spacial score (nSPS) is 12.2. The van der Waals surface area contributed by atoms with Gasteiger partial charge >= 0.3 is 0 Å². The van der Waals surface area contributed by atoms with Crippen molar-refractivity contribution in [3.05, 3.63) is 71.6 Å². The Labute approximate surface area is 146 Å². The van der Waals surface area contributed by atoms with Crippen molar-refractivity contribution in [2.24, 2.45) is 0 Å². The highest BCUT2D eigenvalue weighted by atomic mass is 19.1. The van der Waals surface area contributed by atoms with Crippen LogP contribution in [-0.2, 0) is 6.54 Å². The minimum Gasteiger partial charge on any atom is -0.496 e. The number of nitrogens with zero attached hydrogens (tertiary/aromatic N) is 3. The van der Waals surface area contributed by atoms with Gasteiger partial charge in [0.1, 0.15) is 29.9 Å². The molecule has 3 aromatic rings. The number of nitrogens with one attached hydrogen (secondary N) is 1. The molecule has 0 radical (unpaired) electrons. The zero-order valence-electron chi connectivity index (χ0n) is 14.5. The monoisotopic (exact) mass is 340 g/mol. The molecular formula is C19H21FN4O. The topological polar surface area (TPSA) is 52.0 Å².